The first-order chi connectivity index (χ1) is 14.0. The van der Waals surface area contributed by atoms with Crippen LogP contribution < -0.4 is 4.90 Å². The monoisotopic (exact) mass is 412 g/mol. The van der Waals surface area contributed by atoms with E-state index in [-0.39, 0.29) is 5.78 Å². The molecule has 8 heteroatoms. The zero-order chi connectivity index (χ0) is 20.5. The highest BCUT2D eigenvalue weighted by Crippen LogP contribution is 2.33. The maximum atomic E-state index is 12.1. The van der Waals surface area contributed by atoms with Crippen molar-refractivity contribution < 1.29 is 4.79 Å². The predicted molar refractivity (Wildman–Crippen MR) is 117 cm³/mol. The molecular formula is C21H28N6OS. The van der Waals surface area contributed by atoms with Crippen LogP contribution >= 0.6 is 11.3 Å². The van der Waals surface area contributed by atoms with Gasteiger partial charge in [-0.25, -0.2) is 4.98 Å². The Hall–Kier alpha value is -2.45. The molecule has 4 rings (SSSR count). The molecule has 0 aliphatic carbocycles. The number of anilines is 1. The quantitative estimate of drug-likeness (QED) is 0.605. The van der Waals surface area contributed by atoms with Gasteiger partial charge in [0.2, 0.25) is 0 Å². The first kappa shape index (κ1) is 19.8. The van der Waals surface area contributed by atoms with Gasteiger partial charge in [0.25, 0.3) is 0 Å². The van der Waals surface area contributed by atoms with Gasteiger partial charge < -0.3 is 9.88 Å². The number of carbonyl (C=O) groups is 1. The number of piperazine rings is 1. The van der Waals surface area contributed by atoms with Gasteiger partial charge in [-0.1, -0.05) is 6.92 Å². The van der Waals surface area contributed by atoms with E-state index in [9.17, 15) is 4.79 Å². The van der Waals surface area contributed by atoms with E-state index in [0.29, 0.717) is 0 Å². The van der Waals surface area contributed by atoms with E-state index in [4.69, 9.17) is 4.98 Å². The molecule has 1 aliphatic rings. The van der Waals surface area contributed by atoms with Crippen LogP contribution in [0.2, 0.25) is 0 Å². The number of Topliss-reactive ketones (excluding diaryl/α,β-unsaturated/α-hetero) is 1. The van der Waals surface area contributed by atoms with Crippen molar-refractivity contribution in [2.45, 2.75) is 40.7 Å². The van der Waals surface area contributed by atoms with Crippen molar-refractivity contribution in [1.82, 2.24) is 25.1 Å². The van der Waals surface area contributed by atoms with Crippen LogP contribution in [0.25, 0.3) is 11.4 Å². The van der Waals surface area contributed by atoms with E-state index in [2.05, 4.69) is 44.2 Å². The van der Waals surface area contributed by atoms with Crippen molar-refractivity contribution in [3.63, 3.8) is 0 Å². The fourth-order valence-electron chi connectivity index (χ4n) is 4.10. The Morgan fingerprint density at radius 3 is 2.62 bits per heavy atom. The molecule has 0 unspecified atom stereocenters. The highest BCUT2D eigenvalue weighted by Gasteiger charge is 2.23. The number of ketones is 1. The van der Waals surface area contributed by atoms with Crippen LogP contribution in [-0.4, -0.2) is 57.0 Å². The van der Waals surface area contributed by atoms with Gasteiger partial charge in [-0.15, -0.1) is 11.3 Å². The topological polar surface area (TPSA) is 80.9 Å². The Bertz CT molecular complexity index is 1010. The van der Waals surface area contributed by atoms with Gasteiger partial charge in [0.15, 0.2) is 10.9 Å². The summed E-state index contributed by atoms with van der Waals surface area (Å²) in [5, 5.41) is 10.4. The highest BCUT2D eigenvalue weighted by molar-refractivity contribution is 7.14. The zero-order valence-electron chi connectivity index (χ0n) is 17.5. The number of aromatic nitrogens is 4. The molecule has 1 saturated heterocycles. The summed E-state index contributed by atoms with van der Waals surface area (Å²) in [6, 6.07) is 0. The lowest BCUT2D eigenvalue weighted by molar-refractivity contribution is 0.101. The van der Waals surface area contributed by atoms with Crippen LogP contribution in [0.3, 0.4) is 0 Å². The molecule has 1 fully saturated rings. The number of nitrogens with one attached hydrogen (secondary N) is 2. The zero-order valence-corrected chi connectivity index (χ0v) is 18.3. The maximum absolute atomic E-state index is 12.1. The van der Waals surface area contributed by atoms with Gasteiger partial charge in [0, 0.05) is 49.4 Å². The predicted octanol–water partition coefficient (Wildman–Crippen LogP) is 3.57. The van der Waals surface area contributed by atoms with Crippen molar-refractivity contribution in [2.24, 2.45) is 0 Å². The molecule has 1 aliphatic heterocycles. The molecule has 0 amide bonds. The molecule has 154 valence electrons. The minimum Gasteiger partial charge on any atom is -0.356 e. The first-order valence-electron chi connectivity index (χ1n) is 10.1. The molecule has 7 nitrogen and oxygen atoms in total. The number of aryl methyl sites for hydroxylation is 2. The van der Waals surface area contributed by atoms with Crippen molar-refractivity contribution >= 4 is 22.3 Å². The summed E-state index contributed by atoms with van der Waals surface area (Å²) < 4.78 is 0. The maximum Gasteiger partial charge on any atom is 0.186 e. The van der Waals surface area contributed by atoms with Crippen molar-refractivity contribution in [3.05, 3.63) is 39.7 Å². The Balaban J connectivity index is 1.46. The number of carbonyl (C=O) groups excluding carboxylic acids is 1. The molecule has 29 heavy (non-hydrogen) atoms. The standard InChI is InChI=1S/C21H28N6OS/c1-5-16-19(15(4)28)14(3)23-20(16)18-12-29-21(24-18)27-8-6-26(7-9-27)11-17-13(2)10-22-25-17/h10,12,23H,5-9,11H2,1-4H3,(H,22,25). The fourth-order valence-corrected chi connectivity index (χ4v) is 4.97. The van der Waals surface area contributed by atoms with E-state index in [1.807, 2.05) is 13.1 Å². The number of nitrogens with zero attached hydrogens (tertiary/aromatic N) is 4. The third-order valence-corrected chi connectivity index (χ3v) is 6.60. The molecule has 0 saturated carbocycles. The lowest BCUT2D eigenvalue weighted by Crippen LogP contribution is -2.46. The van der Waals surface area contributed by atoms with Crippen LogP contribution in [0.5, 0.6) is 0 Å². The number of hydrogen-bond donors (Lipinski definition) is 2. The lowest BCUT2D eigenvalue weighted by Gasteiger charge is -2.34. The molecule has 0 spiro atoms. The van der Waals surface area contributed by atoms with Gasteiger partial charge in [0.1, 0.15) is 5.69 Å². The second-order valence-electron chi connectivity index (χ2n) is 7.70. The second kappa shape index (κ2) is 8.12. The normalized spacial score (nSPS) is 15.2. The minimum absolute atomic E-state index is 0.112. The summed E-state index contributed by atoms with van der Waals surface area (Å²) in [4.78, 5) is 25.2. The largest absolute Gasteiger partial charge is 0.356 e. The highest BCUT2D eigenvalue weighted by atomic mass is 32.1. The fraction of sp³-hybridized carbons (Fsp3) is 0.476. The van der Waals surface area contributed by atoms with Crippen molar-refractivity contribution in [2.75, 3.05) is 31.1 Å². The number of aromatic amines is 2. The molecule has 0 bridgehead atoms. The molecule has 0 atom stereocenters. The van der Waals surface area contributed by atoms with Crippen LogP contribution in [0, 0.1) is 13.8 Å². The number of H-pyrrole nitrogens is 2. The molecule has 3 aromatic rings. The molecule has 3 aromatic heterocycles. The number of rotatable bonds is 6. The summed E-state index contributed by atoms with van der Waals surface area (Å²) in [5.41, 5.74) is 7.17. The number of thiazole rings is 1. The Morgan fingerprint density at radius 2 is 2.00 bits per heavy atom. The second-order valence-corrected chi connectivity index (χ2v) is 8.53. The third kappa shape index (κ3) is 3.86. The van der Waals surface area contributed by atoms with Gasteiger partial charge >= 0.3 is 0 Å². The van der Waals surface area contributed by atoms with Gasteiger partial charge in [-0.3, -0.25) is 14.8 Å². The van der Waals surface area contributed by atoms with E-state index in [1.54, 1.807) is 18.3 Å². The summed E-state index contributed by atoms with van der Waals surface area (Å²) in [6.45, 7) is 12.6. The van der Waals surface area contributed by atoms with Crippen molar-refractivity contribution in [1.29, 1.82) is 0 Å². The summed E-state index contributed by atoms with van der Waals surface area (Å²) >= 11 is 1.68. The third-order valence-electron chi connectivity index (χ3n) is 5.70. The Labute approximate surface area is 175 Å². The summed E-state index contributed by atoms with van der Waals surface area (Å²) in [5.74, 6) is 0.112. The van der Waals surface area contributed by atoms with Crippen molar-refractivity contribution in [3.8, 4) is 11.4 Å². The molecule has 2 N–H and O–H groups in total. The van der Waals surface area contributed by atoms with E-state index < -0.39 is 0 Å². The van der Waals surface area contributed by atoms with E-state index in [1.165, 1.54) is 11.3 Å². The van der Waals surface area contributed by atoms with Gasteiger partial charge in [0.05, 0.1) is 17.6 Å². The van der Waals surface area contributed by atoms with Crippen LogP contribution in [-0.2, 0) is 13.0 Å². The molecular weight excluding hydrogens is 384 g/mol. The average molecular weight is 413 g/mol. The van der Waals surface area contributed by atoms with E-state index >= 15 is 0 Å². The lowest BCUT2D eigenvalue weighted by atomic mass is 10.0. The van der Waals surface area contributed by atoms with Crippen LogP contribution in [0.15, 0.2) is 11.6 Å². The van der Waals surface area contributed by atoms with E-state index in [0.717, 1.165) is 72.5 Å². The minimum atomic E-state index is 0.112. The van der Waals surface area contributed by atoms with Crippen LogP contribution in [0.1, 0.15) is 46.7 Å². The summed E-state index contributed by atoms with van der Waals surface area (Å²) in [6.07, 6.45) is 2.69. The SMILES string of the molecule is CCc1c(-c2csc(N3CCN(Cc4[nH]ncc4C)CC3)n2)[nH]c(C)c1C(C)=O. The molecule has 4 heterocycles. The Kier molecular flexibility index (Phi) is 5.56. The Morgan fingerprint density at radius 1 is 1.24 bits per heavy atom. The smallest absolute Gasteiger partial charge is 0.186 e. The van der Waals surface area contributed by atoms with Gasteiger partial charge in [-0.2, -0.15) is 5.10 Å². The van der Waals surface area contributed by atoms with Gasteiger partial charge in [-0.05, 0) is 38.3 Å². The molecule has 0 aromatic carbocycles. The average Bonchev–Trinajstić information content (AvgIpc) is 3.41. The molecule has 0 radical (unpaired) electrons. The first-order valence-corrected chi connectivity index (χ1v) is 11.0. The van der Waals surface area contributed by atoms with Crippen LogP contribution in [0.4, 0.5) is 5.13 Å². The number of hydrogen-bond acceptors (Lipinski definition) is 6. The summed E-state index contributed by atoms with van der Waals surface area (Å²) in [7, 11) is 0.